The standard InChI is InChI=1S/C27H27FN8O2S.ClH/c1-35(25-13-14-30-26(34-25)32-21-9-5-19(6-10-21)17-39(29,37)38)22-11-12-24-23(15-22)33-27(36(24)2)31-16-18-3-7-20(28)8-4-18;/h3-15H,16-17H2,1-2H3,(H,31,33)(H2,29,37,38)(H,30,32,34);1H. The summed E-state index contributed by atoms with van der Waals surface area (Å²) < 4.78 is 37.8. The normalized spacial score (nSPS) is 11.2. The molecule has 0 bridgehead atoms. The molecule has 0 spiro atoms. The lowest BCUT2D eigenvalue weighted by atomic mass is 10.2. The highest BCUT2D eigenvalue weighted by molar-refractivity contribution is 7.88. The van der Waals surface area contributed by atoms with Crippen molar-refractivity contribution >= 4 is 62.6 Å². The monoisotopic (exact) mass is 582 g/mol. The molecule has 2 heterocycles. The molecule has 0 atom stereocenters. The minimum atomic E-state index is -3.59. The predicted octanol–water partition coefficient (Wildman–Crippen LogP) is 4.84. The molecular weight excluding hydrogens is 555 g/mol. The third-order valence-corrected chi connectivity index (χ3v) is 6.91. The highest BCUT2D eigenvalue weighted by Crippen LogP contribution is 2.28. The molecule has 40 heavy (non-hydrogen) atoms. The van der Waals surface area contributed by atoms with Crippen molar-refractivity contribution in [2.75, 3.05) is 22.6 Å². The fourth-order valence-corrected chi connectivity index (χ4v) is 4.77. The zero-order chi connectivity index (χ0) is 27.6. The maximum atomic E-state index is 13.2. The van der Waals surface area contributed by atoms with Crippen LogP contribution in [-0.2, 0) is 29.4 Å². The summed E-state index contributed by atoms with van der Waals surface area (Å²) >= 11 is 0. The van der Waals surface area contributed by atoms with Gasteiger partial charge in [0.05, 0.1) is 16.8 Å². The van der Waals surface area contributed by atoms with Crippen molar-refractivity contribution in [2.45, 2.75) is 12.3 Å². The van der Waals surface area contributed by atoms with E-state index in [9.17, 15) is 12.8 Å². The minimum Gasteiger partial charge on any atom is -0.352 e. The smallest absolute Gasteiger partial charge is 0.229 e. The van der Waals surface area contributed by atoms with Gasteiger partial charge in [-0.15, -0.1) is 12.4 Å². The Morgan fingerprint density at radius 3 is 2.38 bits per heavy atom. The van der Waals surface area contributed by atoms with Crippen molar-refractivity contribution in [2.24, 2.45) is 12.2 Å². The van der Waals surface area contributed by atoms with Gasteiger partial charge in [0.2, 0.25) is 21.9 Å². The summed E-state index contributed by atoms with van der Waals surface area (Å²) in [5, 5.41) is 11.6. The Bertz CT molecular complexity index is 1730. The van der Waals surface area contributed by atoms with Crippen LogP contribution in [0.2, 0.25) is 0 Å². The predicted molar refractivity (Wildman–Crippen MR) is 158 cm³/mol. The maximum Gasteiger partial charge on any atom is 0.229 e. The number of nitrogens with two attached hydrogens (primary N) is 1. The summed E-state index contributed by atoms with van der Waals surface area (Å²) in [6, 6.07) is 21.0. The van der Waals surface area contributed by atoms with E-state index in [4.69, 9.17) is 10.1 Å². The lowest BCUT2D eigenvalue weighted by molar-refractivity contribution is 0.597. The Balaban J connectivity index is 0.00000370. The number of imidazole rings is 1. The van der Waals surface area contributed by atoms with Crippen molar-refractivity contribution in [3.05, 3.63) is 95.9 Å². The molecule has 0 aliphatic carbocycles. The van der Waals surface area contributed by atoms with E-state index in [2.05, 4.69) is 20.6 Å². The van der Waals surface area contributed by atoms with Crippen LogP contribution in [0.5, 0.6) is 0 Å². The van der Waals surface area contributed by atoms with Crippen LogP contribution in [0.1, 0.15) is 11.1 Å². The van der Waals surface area contributed by atoms with Gasteiger partial charge in [-0.05, 0) is 59.7 Å². The number of aromatic nitrogens is 4. The van der Waals surface area contributed by atoms with Gasteiger partial charge in [-0.3, -0.25) is 0 Å². The Hall–Kier alpha value is -4.26. The largest absolute Gasteiger partial charge is 0.352 e. The van der Waals surface area contributed by atoms with Crippen LogP contribution < -0.4 is 20.7 Å². The summed E-state index contributed by atoms with van der Waals surface area (Å²) in [4.78, 5) is 15.6. The zero-order valence-corrected chi connectivity index (χ0v) is 23.4. The fourth-order valence-electron chi connectivity index (χ4n) is 4.11. The number of nitrogens with zero attached hydrogens (tertiary/aromatic N) is 5. The lowest BCUT2D eigenvalue weighted by Gasteiger charge is -2.19. The molecule has 10 nitrogen and oxygen atoms in total. The van der Waals surface area contributed by atoms with Crippen LogP contribution in [0.25, 0.3) is 11.0 Å². The van der Waals surface area contributed by atoms with E-state index in [-0.39, 0.29) is 24.0 Å². The minimum absolute atomic E-state index is 0. The molecule has 208 valence electrons. The number of rotatable bonds is 9. The molecule has 5 rings (SSSR count). The molecule has 0 saturated heterocycles. The van der Waals surface area contributed by atoms with E-state index in [1.54, 1.807) is 48.7 Å². The number of benzene rings is 3. The van der Waals surface area contributed by atoms with Crippen LogP contribution in [0.4, 0.5) is 33.5 Å². The number of fused-ring (bicyclic) bond motifs is 1. The van der Waals surface area contributed by atoms with Crippen molar-refractivity contribution in [3.63, 3.8) is 0 Å². The number of halogens is 2. The number of nitrogens with one attached hydrogen (secondary N) is 2. The molecule has 4 N–H and O–H groups in total. The topological polar surface area (TPSA) is 131 Å². The molecule has 0 amide bonds. The molecule has 0 saturated carbocycles. The lowest BCUT2D eigenvalue weighted by Crippen LogP contribution is -2.14. The molecule has 0 aliphatic heterocycles. The first-order valence-corrected chi connectivity index (χ1v) is 13.7. The first-order valence-electron chi connectivity index (χ1n) is 12.0. The molecule has 2 aromatic heterocycles. The summed E-state index contributed by atoms with van der Waals surface area (Å²) in [6.07, 6.45) is 1.66. The Kier molecular flexibility index (Phi) is 8.52. The van der Waals surface area contributed by atoms with E-state index in [0.29, 0.717) is 35.5 Å². The van der Waals surface area contributed by atoms with Gasteiger partial charge in [0.15, 0.2) is 0 Å². The van der Waals surface area contributed by atoms with Crippen LogP contribution in [-0.4, -0.2) is 35.0 Å². The van der Waals surface area contributed by atoms with E-state index in [1.165, 1.54) is 12.1 Å². The molecule has 0 fully saturated rings. The van der Waals surface area contributed by atoms with Crippen molar-refractivity contribution in [3.8, 4) is 0 Å². The van der Waals surface area contributed by atoms with Gasteiger partial charge in [-0.25, -0.2) is 27.9 Å². The number of hydrogen-bond donors (Lipinski definition) is 3. The highest BCUT2D eigenvalue weighted by atomic mass is 35.5. The van der Waals surface area contributed by atoms with Gasteiger partial charge in [0, 0.05) is 38.2 Å². The summed E-state index contributed by atoms with van der Waals surface area (Å²) in [6.45, 7) is 0.524. The zero-order valence-electron chi connectivity index (χ0n) is 21.7. The van der Waals surface area contributed by atoms with Gasteiger partial charge < -0.3 is 20.1 Å². The van der Waals surface area contributed by atoms with Crippen LogP contribution in [0.3, 0.4) is 0 Å². The summed E-state index contributed by atoms with van der Waals surface area (Å²) in [5.74, 6) is 1.28. The molecule has 3 aromatic carbocycles. The second-order valence-electron chi connectivity index (χ2n) is 9.07. The van der Waals surface area contributed by atoms with Gasteiger partial charge in [-0.1, -0.05) is 24.3 Å². The number of hydrogen-bond acceptors (Lipinski definition) is 8. The third kappa shape index (κ3) is 6.84. The van der Waals surface area contributed by atoms with Crippen molar-refractivity contribution in [1.82, 2.24) is 19.5 Å². The first-order chi connectivity index (χ1) is 18.6. The van der Waals surface area contributed by atoms with Crippen LogP contribution >= 0.6 is 12.4 Å². The fraction of sp³-hybridized carbons (Fsp3) is 0.148. The number of aryl methyl sites for hydroxylation is 1. The number of primary sulfonamides is 1. The van der Waals surface area contributed by atoms with E-state index in [0.717, 1.165) is 22.3 Å². The van der Waals surface area contributed by atoms with Crippen molar-refractivity contribution < 1.29 is 12.8 Å². The molecule has 5 aromatic rings. The Labute approximate surface area is 237 Å². The Morgan fingerprint density at radius 1 is 0.975 bits per heavy atom. The molecule has 13 heteroatoms. The molecular formula is C27H28ClFN8O2S. The average Bonchev–Trinajstić information content (AvgIpc) is 3.23. The van der Waals surface area contributed by atoms with E-state index in [1.807, 2.05) is 41.8 Å². The second kappa shape index (κ2) is 11.9. The van der Waals surface area contributed by atoms with Gasteiger partial charge in [0.1, 0.15) is 11.6 Å². The maximum absolute atomic E-state index is 13.2. The van der Waals surface area contributed by atoms with Gasteiger partial charge >= 0.3 is 0 Å². The van der Waals surface area contributed by atoms with Crippen LogP contribution in [0, 0.1) is 5.82 Å². The van der Waals surface area contributed by atoms with Gasteiger partial charge in [0.25, 0.3) is 0 Å². The van der Waals surface area contributed by atoms with E-state index >= 15 is 0 Å². The molecule has 0 unspecified atom stereocenters. The molecule has 0 radical (unpaired) electrons. The second-order valence-corrected chi connectivity index (χ2v) is 10.7. The quantitative estimate of drug-likeness (QED) is 0.225. The number of sulfonamides is 1. The van der Waals surface area contributed by atoms with Crippen LogP contribution in [0.15, 0.2) is 79.0 Å². The van der Waals surface area contributed by atoms with E-state index < -0.39 is 10.0 Å². The average molecular weight is 583 g/mol. The Morgan fingerprint density at radius 2 is 1.68 bits per heavy atom. The van der Waals surface area contributed by atoms with Crippen molar-refractivity contribution in [1.29, 1.82) is 0 Å². The summed E-state index contributed by atoms with van der Waals surface area (Å²) in [7, 11) is 0.256. The first kappa shape index (κ1) is 28.7. The molecule has 0 aliphatic rings. The number of anilines is 5. The summed E-state index contributed by atoms with van der Waals surface area (Å²) in [5.41, 5.74) is 4.93. The van der Waals surface area contributed by atoms with Gasteiger partial charge in [-0.2, -0.15) is 4.98 Å². The third-order valence-electron chi connectivity index (χ3n) is 6.18. The SMILES string of the molecule is CN(c1ccc2c(c1)nc(NCc1ccc(F)cc1)n2C)c1ccnc(Nc2ccc(CS(N)(=O)=O)cc2)n1.Cl. The highest BCUT2D eigenvalue weighted by Gasteiger charge is 2.13.